The smallest absolute Gasteiger partial charge is 0.255 e. The summed E-state index contributed by atoms with van der Waals surface area (Å²) in [6, 6.07) is 4.90. The molecule has 0 spiro atoms. The van der Waals surface area contributed by atoms with Crippen LogP contribution < -0.4 is 21.2 Å². The minimum Gasteiger partial charge on any atom is -0.495 e. The second-order valence-corrected chi connectivity index (χ2v) is 5.17. The highest BCUT2D eigenvalue weighted by Gasteiger charge is 2.23. The molecule has 24 heavy (non-hydrogen) atoms. The molecule has 126 valence electrons. The van der Waals surface area contributed by atoms with Gasteiger partial charge in [-0.1, -0.05) is 23.7 Å². The lowest BCUT2D eigenvalue weighted by atomic mass is 9.98. The number of hydrogen-bond donors (Lipinski definition) is 3. The highest BCUT2D eigenvalue weighted by Crippen LogP contribution is 2.32. The largest absolute Gasteiger partial charge is 0.495 e. The normalized spacial score (nSPS) is 15.2. The van der Waals surface area contributed by atoms with Crippen LogP contribution in [0.1, 0.15) is 22.8 Å². The van der Waals surface area contributed by atoms with Gasteiger partial charge < -0.3 is 15.8 Å². The maximum atomic E-state index is 12.2. The maximum Gasteiger partial charge on any atom is 0.255 e. The molecule has 7 nitrogen and oxygen atoms in total. The average Bonchev–Trinajstić information content (AvgIpc) is 2.56. The van der Waals surface area contributed by atoms with Crippen LogP contribution in [-0.4, -0.2) is 30.6 Å². The van der Waals surface area contributed by atoms with E-state index in [0.717, 1.165) is 0 Å². The number of ether oxygens (including phenoxy) is 1. The highest BCUT2D eigenvalue weighted by atomic mass is 35.5. The number of amides is 2. The topological polar surface area (TPSA) is 106 Å². The zero-order chi connectivity index (χ0) is 17.7. The van der Waals surface area contributed by atoms with Gasteiger partial charge >= 0.3 is 0 Å². The number of allylic oxidation sites excluding steroid dienone is 2. The van der Waals surface area contributed by atoms with E-state index >= 15 is 0 Å². The van der Waals surface area contributed by atoms with Crippen molar-refractivity contribution >= 4 is 34.2 Å². The summed E-state index contributed by atoms with van der Waals surface area (Å²) in [5.41, 5.74) is 9.39. The summed E-state index contributed by atoms with van der Waals surface area (Å²) in [6.07, 6.45) is 3.10. The van der Waals surface area contributed by atoms with E-state index in [1.54, 1.807) is 24.3 Å². The van der Waals surface area contributed by atoms with Crippen LogP contribution >= 0.6 is 11.6 Å². The van der Waals surface area contributed by atoms with Gasteiger partial charge in [0, 0.05) is 12.1 Å². The van der Waals surface area contributed by atoms with Gasteiger partial charge in [-0.05, 0) is 25.1 Å². The quantitative estimate of drug-likeness (QED) is 0.698. The minimum atomic E-state index is -0.693. The Labute approximate surface area is 144 Å². The van der Waals surface area contributed by atoms with Gasteiger partial charge in [0.05, 0.1) is 23.9 Å². The molecular formula is C16H17ClN4O3. The average molecular weight is 349 g/mol. The van der Waals surface area contributed by atoms with Crippen LogP contribution in [0.4, 0.5) is 0 Å². The maximum absolute atomic E-state index is 12.2. The minimum absolute atomic E-state index is 0.141. The van der Waals surface area contributed by atoms with Gasteiger partial charge in [0.1, 0.15) is 10.9 Å². The number of rotatable bonds is 5. The molecule has 4 N–H and O–H groups in total. The molecule has 0 fully saturated rings. The number of methoxy groups -OCH3 is 1. The van der Waals surface area contributed by atoms with E-state index in [2.05, 4.69) is 15.8 Å². The van der Waals surface area contributed by atoms with Crippen LogP contribution in [0, 0.1) is 0 Å². The van der Waals surface area contributed by atoms with Crippen molar-refractivity contribution in [1.82, 2.24) is 10.7 Å². The van der Waals surface area contributed by atoms with Crippen molar-refractivity contribution in [2.24, 2.45) is 10.8 Å². The van der Waals surface area contributed by atoms with Gasteiger partial charge in [-0.15, -0.1) is 0 Å². The first-order chi connectivity index (χ1) is 11.5. The third kappa shape index (κ3) is 3.57. The third-order valence-corrected chi connectivity index (χ3v) is 3.47. The summed E-state index contributed by atoms with van der Waals surface area (Å²) < 4.78 is 5.37. The van der Waals surface area contributed by atoms with E-state index in [4.69, 9.17) is 22.1 Å². The molecule has 0 bridgehead atoms. The summed E-state index contributed by atoms with van der Waals surface area (Å²) in [5, 5.41) is 6.78. The van der Waals surface area contributed by atoms with Crippen molar-refractivity contribution in [3.8, 4) is 5.75 Å². The van der Waals surface area contributed by atoms with Gasteiger partial charge in [0.2, 0.25) is 0 Å². The van der Waals surface area contributed by atoms with Crippen LogP contribution in [0.25, 0.3) is 5.57 Å². The summed E-state index contributed by atoms with van der Waals surface area (Å²) in [6.45, 7) is 2.27. The second-order valence-electron chi connectivity index (χ2n) is 4.78. The Morgan fingerprint density at radius 2 is 2.04 bits per heavy atom. The summed E-state index contributed by atoms with van der Waals surface area (Å²) >= 11 is 5.76. The lowest BCUT2D eigenvalue weighted by Crippen LogP contribution is -2.24. The van der Waals surface area contributed by atoms with E-state index in [9.17, 15) is 9.59 Å². The second kappa shape index (κ2) is 7.65. The highest BCUT2D eigenvalue weighted by molar-refractivity contribution is 6.68. The standard InChI is InChI=1S/C16H17ClN4O3/c1-3-19-16(23)10-6-4-5-9(14(10)24-2)13(15(18)22)11-7-8-12(17)21-20-11/h4-8,20H,3H2,1-2H3,(H2,18,22)(H,19,23)/b13-11-. The summed E-state index contributed by atoms with van der Waals surface area (Å²) in [4.78, 5) is 24.2. The van der Waals surface area contributed by atoms with Crippen molar-refractivity contribution in [2.45, 2.75) is 6.92 Å². The molecule has 2 rings (SSSR count). The number of nitrogens with two attached hydrogens (primary N) is 1. The molecule has 2 amide bonds. The first kappa shape index (κ1) is 17.6. The fourth-order valence-electron chi connectivity index (χ4n) is 2.28. The van der Waals surface area contributed by atoms with Gasteiger partial charge in [-0.3, -0.25) is 15.0 Å². The number of nitrogens with zero attached hydrogens (tertiary/aromatic N) is 1. The van der Waals surface area contributed by atoms with Crippen LogP contribution in [0.2, 0.25) is 0 Å². The van der Waals surface area contributed by atoms with E-state index in [1.165, 1.54) is 13.2 Å². The Balaban J connectivity index is 2.63. The Morgan fingerprint density at radius 1 is 1.33 bits per heavy atom. The molecule has 1 aromatic carbocycles. The first-order valence-corrected chi connectivity index (χ1v) is 7.54. The molecule has 1 aliphatic heterocycles. The number of hydrazone groups is 1. The zero-order valence-electron chi connectivity index (χ0n) is 13.2. The van der Waals surface area contributed by atoms with Crippen LogP contribution in [0.15, 0.2) is 41.1 Å². The Morgan fingerprint density at radius 3 is 2.58 bits per heavy atom. The molecule has 0 unspecified atom stereocenters. The van der Waals surface area contributed by atoms with Crippen LogP contribution in [0.3, 0.4) is 0 Å². The predicted molar refractivity (Wildman–Crippen MR) is 92.7 cm³/mol. The molecule has 1 aliphatic rings. The Bertz CT molecular complexity index is 769. The number of carbonyl (C=O) groups is 2. The number of nitrogens with one attached hydrogen (secondary N) is 2. The lowest BCUT2D eigenvalue weighted by Gasteiger charge is -2.17. The van der Waals surface area contributed by atoms with Gasteiger partial charge in [0.15, 0.2) is 0 Å². The van der Waals surface area contributed by atoms with Crippen molar-refractivity contribution in [3.63, 3.8) is 0 Å². The molecule has 0 saturated carbocycles. The zero-order valence-corrected chi connectivity index (χ0v) is 14.0. The third-order valence-electron chi connectivity index (χ3n) is 3.26. The molecule has 0 radical (unpaired) electrons. The number of hydrogen-bond acceptors (Lipinski definition) is 5. The fraction of sp³-hybridized carbons (Fsp3) is 0.188. The Hall–Kier alpha value is -2.80. The van der Waals surface area contributed by atoms with Crippen molar-refractivity contribution in [2.75, 3.05) is 13.7 Å². The summed E-state index contributed by atoms with van der Waals surface area (Å²) in [7, 11) is 1.42. The molecule has 0 atom stereocenters. The number of para-hydroxylation sites is 1. The molecular weight excluding hydrogens is 332 g/mol. The van der Waals surface area contributed by atoms with Gasteiger partial charge in [0.25, 0.3) is 11.8 Å². The van der Waals surface area contributed by atoms with E-state index < -0.39 is 5.91 Å². The lowest BCUT2D eigenvalue weighted by molar-refractivity contribution is -0.112. The SMILES string of the molecule is CCNC(=O)c1cccc(/C(C(N)=O)=C2\C=CC(Cl)=NN2)c1OC. The monoisotopic (exact) mass is 348 g/mol. The summed E-state index contributed by atoms with van der Waals surface area (Å²) in [5.74, 6) is -0.749. The van der Waals surface area contributed by atoms with Crippen LogP contribution in [0.5, 0.6) is 5.75 Å². The fourth-order valence-corrected chi connectivity index (χ4v) is 2.38. The molecule has 1 aromatic rings. The van der Waals surface area contributed by atoms with Crippen molar-refractivity contribution < 1.29 is 14.3 Å². The van der Waals surface area contributed by atoms with Gasteiger partial charge in [-0.2, -0.15) is 5.10 Å². The molecule has 0 aliphatic carbocycles. The predicted octanol–water partition coefficient (Wildman–Crippen LogP) is 1.35. The molecule has 0 saturated heterocycles. The van der Waals surface area contributed by atoms with E-state index in [0.29, 0.717) is 23.4 Å². The molecule has 8 heteroatoms. The molecule has 0 aromatic heterocycles. The van der Waals surface area contributed by atoms with Crippen LogP contribution in [-0.2, 0) is 4.79 Å². The Kier molecular flexibility index (Phi) is 5.59. The van der Waals surface area contributed by atoms with E-state index in [-0.39, 0.29) is 22.4 Å². The van der Waals surface area contributed by atoms with Gasteiger partial charge in [-0.25, -0.2) is 0 Å². The number of carbonyl (C=O) groups excluding carboxylic acids is 2. The molecule has 1 heterocycles. The number of primary amides is 1. The van der Waals surface area contributed by atoms with Crippen molar-refractivity contribution in [3.05, 3.63) is 47.2 Å². The first-order valence-electron chi connectivity index (χ1n) is 7.16. The number of halogens is 1. The number of benzene rings is 1. The van der Waals surface area contributed by atoms with Crippen molar-refractivity contribution in [1.29, 1.82) is 0 Å². The van der Waals surface area contributed by atoms with E-state index in [1.807, 2.05) is 6.92 Å².